The van der Waals surface area contributed by atoms with E-state index in [1.54, 1.807) is 6.08 Å². The highest BCUT2D eigenvalue weighted by Gasteiger charge is 2.18. The molecule has 6 heteroatoms. The fourth-order valence-corrected chi connectivity index (χ4v) is 9.21. The summed E-state index contributed by atoms with van der Waals surface area (Å²) in [6.07, 6.45) is 71.8. The van der Waals surface area contributed by atoms with Crippen molar-refractivity contribution in [2.24, 2.45) is 0 Å². The van der Waals surface area contributed by atoms with Gasteiger partial charge < -0.3 is 20.3 Å². The van der Waals surface area contributed by atoms with Crippen LogP contribution in [0.25, 0.3) is 0 Å². The topological polar surface area (TPSA) is 95.9 Å². The number of amides is 1. The summed E-state index contributed by atoms with van der Waals surface area (Å²) >= 11 is 0. The summed E-state index contributed by atoms with van der Waals surface area (Å²) < 4.78 is 5.49. The second-order valence-electron chi connectivity index (χ2n) is 20.7. The van der Waals surface area contributed by atoms with Gasteiger partial charge in [0.05, 0.1) is 25.4 Å². The minimum atomic E-state index is -0.848. The van der Waals surface area contributed by atoms with Gasteiger partial charge in [-0.2, -0.15) is 0 Å². The maximum Gasteiger partial charge on any atom is 0.305 e. The van der Waals surface area contributed by atoms with Crippen molar-refractivity contribution in [2.75, 3.05) is 13.2 Å². The molecule has 0 aromatic carbocycles. The minimum Gasteiger partial charge on any atom is -0.466 e. The van der Waals surface area contributed by atoms with Crippen LogP contribution < -0.4 is 5.32 Å². The van der Waals surface area contributed by atoms with Crippen LogP contribution in [0.2, 0.25) is 0 Å². The Kier molecular flexibility index (Phi) is 56.0. The molecule has 0 radical (unpaired) electrons. The van der Waals surface area contributed by atoms with Crippen molar-refractivity contribution < 1.29 is 24.5 Å². The van der Waals surface area contributed by atoms with Gasteiger partial charge in [-0.1, -0.05) is 262 Å². The maximum absolute atomic E-state index is 12.4. The second-order valence-corrected chi connectivity index (χ2v) is 20.7. The zero-order valence-electron chi connectivity index (χ0n) is 45.6. The zero-order valence-corrected chi connectivity index (χ0v) is 45.6. The molecule has 0 aliphatic carbocycles. The molecule has 0 fully saturated rings. The number of hydrogen-bond donors (Lipinski definition) is 3. The van der Waals surface area contributed by atoms with E-state index in [9.17, 15) is 19.8 Å². The summed E-state index contributed by atoms with van der Waals surface area (Å²) in [5.41, 5.74) is 0. The number of carbonyl (C=O) groups is 2. The van der Waals surface area contributed by atoms with Crippen LogP contribution in [0.15, 0.2) is 36.5 Å². The molecule has 0 heterocycles. The molecule has 0 saturated carbocycles. The summed E-state index contributed by atoms with van der Waals surface area (Å²) in [5.74, 6) is -0.0697. The van der Waals surface area contributed by atoms with Crippen molar-refractivity contribution in [1.82, 2.24) is 5.32 Å². The van der Waals surface area contributed by atoms with Crippen molar-refractivity contribution >= 4 is 11.9 Å². The molecule has 1 amide bonds. The predicted octanol–water partition coefficient (Wildman–Crippen LogP) is 18.8. The first kappa shape index (κ1) is 66.1. The lowest BCUT2D eigenvalue weighted by Gasteiger charge is -2.20. The third-order valence-corrected chi connectivity index (χ3v) is 13.9. The average molecular weight is 957 g/mol. The van der Waals surface area contributed by atoms with Crippen LogP contribution >= 0.6 is 0 Å². The molecule has 2 atom stereocenters. The third kappa shape index (κ3) is 53.4. The lowest BCUT2D eigenvalue weighted by molar-refractivity contribution is -0.143. The second kappa shape index (κ2) is 57.7. The Morgan fingerprint density at radius 3 is 1.04 bits per heavy atom. The van der Waals surface area contributed by atoms with Gasteiger partial charge in [-0.25, -0.2) is 0 Å². The van der Waals surface area contributed by atoms with Crippen LogP contribution in [0.4, 0.5) is 0 Å². The van der Waals surface area contributed by atoms with Crippen LogP contribution in [-0.4, -0.2) is 47.4 Å². The van der Waals surface area contributed by atoms with E-state index in [4.69, 9.17) is 4.74 Å². The molecular weight excluding hydrogens is 839 g/mol. The number of unbranched alkanes of at least 4 members (excludes halogenated alkanes) is 41. The number of aliphatic hydroxyl groups is 2. The summed E-state index contributed by atoms with van der Waals surface area (Å²) in [5, 5.41) is 23.0. The van der Waals surface area contributed by atoms with Crippen LogP contribution in [0, 0.1) is 0 Å². The number of nitrogens with one attached hydrogen (secondary N) is 1. The Morgan fingerprint density at radius 2 is 0.691 bits per heavy atom. The van der Waals surface area contributed by atoms with Gasteiger partial charge in [-0.15, -0.1) is 0 Å². The van der Waals surface area contributed by atoms with Crippen molar-refractivity contribution in [3.05, 3.63) is 36.5 Å². The number of ether oxygens (including phenoxy) is 1. The van der Waals surface area contributed by atoms with E-state index in [0.29, 0.717) is 19.4 Å². The molecule has 0 aromatic rings. The van der Waals surface area contributed by atoms with Crippen molar-refractivity contribution in [3.8, 4) is 0 Å². The largest absolute Gasteiger partial charge is 0.466 e. The summed E-state index contributed by atoms with van der Waals surface area (Å²) in [6, 6.07) is -0.632. The molecule has 0 rings (SSSR count). The highest BCUT2D eigenvalue weighted by Crippen LogP contribution is 2.16. The molecule has 0 aromatic heterocycles. The molecule has 0 aliphatic heterocycles. The normalized spacial score (nSPS) is 12.8. The lowest BCUT2D eigenvalue weighted by atomic mass is 10.0. The number of rotatable bonds is 56. The molecule has 3 N–H and O–H groups in total. The van der Waals surface area contributed by atoms with E-state index in [0.717, 1.165) is 51.4 Å². The van der Waals surface area contributed by atoms with E-state index in [-0.39, 0.29) is 18.5 Å². The molecule has 0 aliphatic rings. The van der Waals surface area contributed by atoms with Gasteiger partial charge in [0.1, 0.15) is 0 Å². The van der Waals surface area contributed by atoms with Crippen LogP contribution in [0.3, 0.4) is 0 Å². The first-order valence-electron chi connectivity index (χ1n) is 30.3. The number of allylic oxidation sites excluding steroid dienone is 5. The van der Waals surface area contributed by atoms with Gasteiger partial charge in [0.15, 0.2) is 0 Å². The molecule has 400 valence electrons. The van der Waals surface area contributed by atoms with Gasteiger partial charge >= 0.3 is 5.97 Å². The molecular formula is C62H117NO5. The number of hydrogen-bond acceptors (Lipinski definition) is 5. The van der Waals surface area contributed by atoms with E-state index in [1.165, 1.54) is 244 Å². The van der Waals surface area contributed by atoms with Gasteiger partial charge in [-0.3, -0.25) is 9.59 Å². The van der Waals surface area contributed by atoms with E-state index in [1.807, 2.05) is 6.08 Å². The molecule has 2 unspecified atom stereocenters. The predicted molar refractivity (Wildman–Crippen MR) is 296 cm³/mol. The number of carbonyl (C=O) groups excluding carboxylic acids is 2. The Balaban J connectivity index is 3.42. The van der Waals surface area contributed by atoms with Gasteiger partial charge in [-0.05, 0) is 83.5 Å². The summed E-state index contributed by atoms with van der Waals surface area (Å²) in [7, 11) is 0. The monoisotopic (exact) mass is 956 g/mol. The number of aliphatic hydroxyl groups excluding tert-OH is 2. The fourth-order valence-electron chi connectivity index (χ4n) is 9.21. The molecule has 0 saturated heterocycles. The average Bonchev–Trinajstić information content (AvgIpc) is 3.34. The fraction of sp³-hybridized carbons (Fsp3) is 0.871. The smallest absolute Gasteiger partial charge is 0.305 e. The molecule has 6 nitrogen and oxygen atoms in total. The Labute approximate surface area is 424 Å². The highest BCUT2D eigenvalue weighted by atomic mass is 16.5. The van der Waals surface area contributed by atoms with Gasteiger partial charge in [0.25, 0.3) is 0 Å². The Hall–Kier alpha value is -1.92. The highest BCUT2D eigenvalue weighted by molar-refractivity contribution is 5.76. The van der Waals surface area contributed by atoms with E-state index in [2.05, 4.69) is 43.5 Å². The van der Waals surface area contributed by atoms with Crippen molar-refractivity contribution in [1.29, 1.82) is 0 Å². The van der Waals surface area contributed by atoms with E-state index >= 15 is 0 Å². The number of esters is 1. The van der Waals surface area contributed by atoms with Crippen LogP contribution in [0.5, 0.6) is 0 Å². The minimum absolute atomic E-state index is 0.00588. The van der Waals surface area contributed by atoms with Crippen molar-refractivity contribution in [3.63, 3.8) is 0 Å². The van der Waals surface area contributed by atoms with Gasteiger partial charge in [0.2, 0.25) is 5.91 Å². The zero-order chi connectivity index (χ0) is 49.3. The Morgan fingerprint density at radius 1 is 0.397 bits per heavy atom. The first-order chi connectivity index (χ1) is 33.5. The molecule has 68 heavy (non-hydrogen) atoms. The van der Waals surface area contributed by atoms with Gasteiger partial charge in [0, 0.05) is 12.8 Å². The molecule has 0 bridgehead atoms. The standard InChI is InChI=1S/C62H117NO5/c1-3-5-7-9-11-13-15-17-18-25-29-32-36-40-44-48-52-56-62(67)68-57-53-49-45-41-37-33-30-27-24-22-20-19-21-23-26-28-31-35-39-43-47-51-55-61(66)63-59(58-64)60(65)54-50-46-42-38-34-16-14-12-10-8-6-4-2/h17-18,21,23,50,54,59-60,64-65H,3-16,19-20,22,24-49,51-53,55-58H2,1-2H3,(H,63,66)/b18-17-,23-21-,54-50+. The lowest BCUT2D eigenvalue weighted by Crippen LogP contribution is -2.45. The first-order valence-corrected chi connectivity index (χ1v) is 30.3. The Bertz CT molecular complexity index is 1100. The van der Waals surface area contributed by atoms with Crippen molar-refractivity contribution in [2.45, 2.75) is 334 Å². The van der Waals surface area contributed by atoms with E-state index < -0.39 is 12.1 Å². The summed E-state index contributed by atoms with van der Waals surface area (Å²) in [6.45, 7) is 4.89. The maximum atomic E-state index is 12.4. The quantitative estimate of drug-likeness (QED) is 0.0321. The van der Waals surface area contributed by atoms with Crippen LogP contribution in [0.1, 0.15) is 322 Å². The molecule has 0 spiro atoms. The third-order valence-electron chi connectivity index (χ3n) is 13.9. The van der Waals surface area contributed by atoms with Crippen LogP contribution in [-0.2, 0) is 14.3 Å². The SMILES string of the molecule is CCCCCCCC/C=C\CCCCCCCCCC(=O)OCCCCCCCCCCCCC/C=C\CCCCCCCCCC(=O)NC(CO)C(O)/C=C/CCCCCCCCCCCC. The summed E-state index contributed by atoms with van der Waals surface area (Å²) in [4.78, 5) is 24.5.